The number of rotatable bonds is 3. The summed E-state index contributed by atoms with van der Waals surface area (Å²) in [6.07, 6.45) is 3.69. The summed E-state index contributed by atoms with van der Waals surface area (Å²) in [7, 11) is 0. The average Bonchev–Trinajstić information content (AvgIpc) is 3.03. The van der Waals surface area contributed by atoms with E-state index >= 15 is 0 Å². The van der Waals surface area contributed by atoms with Crippen molar-refractivity contribution in [3.05, 3.63) is 82.8 Å². The number of carbonyl (C=O) groups excluding carboxylic acids is 1. The SMILES string of the molecule is Cc1ccc2nc(C)cc(C(=O)OCc3cn4ccccc4c3C#N)c2c1. The second-order valence-corrected chi connectivity index (χ2v) is 6.54. The van der Waals surface area contributed by atoms with Crippen LogP contribution in [0.25, 0.3) is 16.4 Å². The van der Waals surface area contributed by atoms with Gasteiger partial charge in [0.05, 0.1) is 22.2 Å². The molecule has 27 heavy (non-hydrogen) atoms. The van der Waals surface area contributed by atoms with Crippen LogP contribution < -0.4 is 0 Å². The van der Waals surface area contributed by atoms with Gasteiger partial charge in [-0.15, -0.1) is 0 Å². The molecule has 3 aromatic heterocycles. The summed E-state index contributed by atoms with van der Waals surface area (Å²) >= 11 is 0. The Morgan fingerprint density at radius 3 is 2.89 bits per heavy atom. The van der Waals surface area contributed by atoms with Gasteiger partial charge in [-0.2, -0.15) is 5.26 Å². The summed E-state index contributed by atoms with van der Waals surface area (Å²) in [6, 6.07) is 15.4. The second-order valence-electron chi connectivity index (χ2n) is 6.54. The number of hydrogen-bond acceptors (Lipinski definition) is 4. The smallest absolute Gasteiger partial charge is 0.339 e. The van der Waals surface area contributed by atoms with Crippen LogP contribution in [0.1, 0.15) is 32.7 Å². The molecule has 0 aliphatic rings. The number of aromatic nitrogens is 2. The first-order chi connectivity index (χ1) is 13.1. The summed E-state index contributed by atoms with van der Waals surface area (Å²) in [5, 5.41) is 10.3. The first-order valence-corrected chi connectivity index (χ1v) is 8.60. The monoisotopic (exact) mass is 355 g/mol. The number of nitrogens with zero attached hydrogens (tertiary/aromatic N) is 3. The number of esters is 1. The molecule has 4 aromatic rings. The minimum Gasteiger partial charge on any atom is -0.457 e. The zero-order valence-electron chi connectivity index (χ0n) is 15.1. The molecule has 4 rings (SSSR count). The van der Waals surface area contributed by atoms with E-state index in [0.29, 0.717) is 16.7 Å². The number of carbonyl (C=O) groups is 1. The highest BCUT2D eigenvalue weighted by atomic mass is 16.5. The quantitative estimate of drug-likeness (QED) is 0.513. The molecule has 1 aromatic carbocycles. The molecule has 0 saturated heterocycles. The van der Waals surface area contributed by atoms with E-state index in [1.165, 1.54) is 0 Å². The minimum atomic E-state index is -0.421. The second kappa shape index (κ2) is 6.58. The maximum atomic E-state index is 12.8. The van der Waals surface area contributed by atoms with Gasteiger partial charge >= 0.3 is 5.97 Å². The average molecular weight is 355 g/mol. The molecule has 0 saturated carbocycles. The molecule has 0 unspecified atom stereocenters. The molecule has 0 fully saturated rings. The molecule has 0 aliphatic carbocycles. The third-order valence-corrected chi connectivity index (χ3v) is 4.54. The van der Waals surface area contributed by atoms with Crippen LogP contribution in [0.5, 0.6) is 0 Å². The van der Waals surface area contributed by atoms with Gasteiger partial charge in [-0.3, -0.25) is 4.98 Å². The number of nitriles is 1. The largest absolute Gasteiger partial charge is 0.457 e. The highest BCUT2D eigenvalue weighted by Gasteiger charge is 2.16. The third kappa shape index (κ3) is 3.02. The topological polar surface area (TPSA) is 67.4 Å². The van der Waals surface area contributed by atoms with Crippen LogP contribution >= 0.6 is 0 Å². The minimum absolute atomic E-state index is 0.0398. The number of pyridine rings is 2. The number of hydrogen-bond donors (Lipinski definition) is 0. The molecule has 0 spiro atoms. The van der Waals surface area contributed by atoms with Crippen LogP contribution in [0.3, 0.4) is 0 Å². The van der Waals surface area contributed by atoms with Crippen LogP contribution in [0, 0.1) is 25.2 Å². The van der Waals surface area contributed by atoms with Crippen LogP contribution in [0.2, 0.25) is 0 Å². The zero-order chi connectivity index (χ0) is 19.0. The van der Waals surface area contributed by atoms with Crippen molar-refractivity contribution in [1.82, 2.24) is 9.38 Å². The van der Waals surface area contributed by atoms with Crippen molar-refractivity contribution >= 4 is 22.4 Å². The number of aryl methyl sites for hydroxylation is 2. The lowest BCUT2D eigenvalue weighted by Gasteiger charge is -2.09. The van der Waals surface area contributed by atoms with Gasteiger partial charge in [-0.1, -0.05) is 17.7 Å². The van der Waals surface area contributed by atoms with Crippen molar-refractivity contribution in [1.29, 1.82) is 5.26 Å². The van der Waals surface area contributed by atoms with E-state index in [1.54, 1.807) is 6.07 Å². The molecule has 3 heterocycles. The maximum Gasteiger partial charge on any atom is 0.339 e. The summed E-state index contributed by atoms with van der Waals surface area (Å²) < 4.78 is 7.42. The number of ether oxygens (including phenoxy) is 1. The first-order valence-electron chi connectivity index (χ1n) is 8.60. The van der Waals surface area contributed by atoms with Gasteiger partial charge < -0.3 is 9.14 Å². The lowest BCUT2D eigenvalue weighted by Crippen LogP contribution is -2.07. The fourth-order valence-corrected chi connectivity index (χ4v) is 3.28. The molecule has 0 N–H and O–H groups in total. The Balaban J connectivity index is 1.67. The van der Waals surface area contributed by atoms with E-state index in [0.717, 1.165) is 27.7 Å². The molecule has 0 radical (unpaired) electrons. The van der Waals surface area contributed by atoms with Crippen molar-refractivity contribution in [3.8, 4) is 6.07 Å². The van der Waals surface area contributed by atoms with Crippen molar-refractivity contribution in [2.75, 3.05) is 0 Å². The summed E-state index contributed by atoms with van der Waals surface area (Å²) in [4.78, 5) is 17.3. The summed E-state index contributed by atoms with van der Waals surface area (Å²) in [5.74, 6) is -0.421. The maximum absolute atomic E-state index is 12.8. The van der Waals surface area contributed by atoms with Crippen molar-refractivity contribution in [2.24, 2.45) is 0 Å². The molecule has 0 bridgehead atoms. The van der Waals surface area contributed by atoms with Gasteiger partial charge in [-0.25, -0.2) is 4.79 Å². The zero-order valence-corrected chi connectivity index (χ0v) is 15.1. The number of benzene rings is 1. The van der Waals surface area contributed by atoms with Crippen LogP contribution in [-0.2, 0) is 11.3 Å². The van der Waals surface area contributed by atoms with Gasteiger partial charge in [0.25, 0.3) is 0 Å². The first kappa shape index (κ1) is 16.8. The Labute approximate surface area is 156 Å². The molecule has 5 nitrogen and oxygen atoms in total. The Kier molecular flexibility index (Phi) is 4.09. The molecule has 0 amide bonds. The third-order valence-electron chi connectivity index (χ3n) is 4.54. The van der Waals surface area contributed by atoms with Crippen molar-refractivity contribution in [3.63, 3.8) is 0 Å². The molecular weight excluding hydrogens is 338 g/mol. The van der Waals surface area contributed by atoms with E-state index in [-0.39, 0.29) is 6.61 Å². The fraction of sp³-hybridized carbons (Fsp3) is 0.136. The van der Waals surface area contributed by atoms with E-state index in [2.05, 4.69) is 11.1 Å². The van der Waals surface area contributed by atoms with Crippen LogP contribution in [-0.4, -0.2) is 15.4 Å². The van der Waals surface area contributed by atoms with E-state index in [4.69, 9.17) is 4.74 Å². The summed E-state index contributed by atoms with van der Waals surface area (Å²) in [6.45, 7) is 3.86. The molecule has 0 aliphatic heterocycles. The van der Waals surface area contributed by atoms with Gasteiger partial charge in [-0.05, 0) is 44.2 Å². The Morgan fingerprint density at radius 2 is 2.07 bits per heavy atom. The molecule has 5 heteroatoms. The predicted molar refractivity (Wildman–Crippen MR) is 102 cm³/mol. The molecule has 0 atom stereocenters. The Bertz CT molecular complexity index is 1230. The summed E-state index contributed by atoms with van der Waals surface area (Å²) in [5.41, 5.74) is 5.06. The predicted octanol–water partition coefficient (Wildman–Crippen LogP) is 4.33. The van der Waals surface area contributed by atoms with E-state index < -0.39 is 5.97 Å². The highest BCUT2D eigenvalue weighted by Crippen LogP contribution is 2.23. The van der Waals surface area contributed by atoms with E-state index in [9.17, 15) is 10.1 Å². The highest BCUT2D eigenvalue weighted by molar-refractivity contribution is 6.03. The molecule has 132 valence electrons. The van der Waals surface area contributed by atoms with E-state index in [1.807, 2.05) is 67.0 Å². The fourth-order valence-electron chi connectivity index (χ4n) is 3.28. The van der Waals surface area contributed by atoms with Gasteiger partial charge in [0.2, 0.25) is 0 Å². The van der Waals surface area contributed by atoms with Crippen molar-refractivity contribution in [2.45, 2.75) is 20.5 Å². The van der Waals surface area contributed by atoms with Gasteiger partial charge in [0, 0.05) is 29.0 Å². The normalized spacial score (nSPS) is 10.9. The van der Waals surface area contributed by atoms with Gasteiger partial charge in [0.1, 0.15) is 12.7 Å². The molecular formula is C22H17N3O2. The van der Waals surface area contributed by atoms with Crippen molar-refractivity contribution < 1.29 is 9.53 Å². The lowest BCUT2D eigenvalue weighted by atomic mass is 10.1. The Morgan fingerprint density at radius 1 is 1.22 bits per heavy atom. The standard InChI is InChI=1S/C22H17N3O2/c1-14-6-7-20-17(9-14)18(10-15(2)24-20)22(26)27-13-16-12-25-8-4-3-5-21(25)19(16)11-23/h3-10,12H,13H2,1-2H3. The Hall–Kier alpha value is -3.65. The number of fused-ring (bicyclic) bond motifs is 2. The van der Waals surface area contributed by atoms with Crippen LogP contribution in [0.4, 0.5) is 0 Å². The lowest BCUT2D eigenvalue weighted by molar-refractivity contribution is 0.0475. The van der Waals surface area contributed by atoms with Crippen LogP contribution in [0.15, 0.2) is 54.9 Å². The van der Waals surface area contributed by atoms with Gasteiger partial charge in [0.15, 0.2) is 0 Å².